The number of rotatable bonds is 4. The number of aromatic carboxylic acids is 1. The Labute approximate surface area is 164 Å². The first-order valence-corrected chi connectivity index (χ1v) is 9.76. The van der Waals surface area contributed by atoms with E-state index >= 15 is 0 Å². The van der Waals surface area contributed by atoms with Crippen molar-refractivity contribution in [3.63, 3.8) is 0 Å². The van der Waals surface area contributed by atoms with Crippen LogP contribution < -0.4 is 5.43 Å². The number of nitrogens with zero attached hydrogens (tertiary/aromatic N) is 2. The molecule has 0 radical (unpaired) electrons. The van der Waals surface area contributed by atoms with Gasteiger partial charge in [0.15, 0.2) is 0 Å². The lowest BCUT2D eigenvalue weighted by Gasteiger charge is -2.15. The maximum absolute atomic E-state index is 14.6. The zero-order chi connectivity index (χ0) is 18.3. The van der Waals surface area contributed by atoms with E-state index in [4.69, 9.17) is 11.6 Å². The second-order valence-corrected chi connectivity index (χ2v) is 8.21. The van der Waals surface area contributed by atoms with Gasteiger partial charge in [-0.2, -0.15) is 0 Å². The number of carboxylic acids is 1. The van der Waals surface area contributed by atoms with Crippen LogP contribution in [0.25, 0.3) is 21.5 Å². The van der Waals surface area contributed by atoms with E-state index in [1.54, 1.807) is 9.95 Å². The van der Waals surface area contributed by atoms with Crippen LogP contribution in [0.4, 0.5) is 4.39 Å². The first-order chi connectivity index (χ1) is 11.8. The smallest absolute Gasteiger partial charge is 0.341 e. The molecule has 5 nitrogen and oxygen atoms in total. The van der Waals surface area contributed by atoms with Crippen molar-refractivity contribution in [1.29, 1.82) is 0 Å². The minimum absolute atomic E-state index is 0.0267. The molecule has 1 atom stereocenters. The average Bonchev–Trinajstić information content (AvgIpc) is 3.03. The molecule has 0 aliphatic rings. The number of thiazole rings is 1. The molecule has 0 aliphatic heterocycles. The third-order valence-corrected chi connectivity index (χ3v) is 5.45. The van der Waals surface area contributed by atoms with Crippen LogP contribution in [-0.4, -0.2) is 20.6 Å². The maximum Gasteiger partial charge on any atom is 0.341 e. The van der Waals surface area contributed by atoms with Gasteiger partial charge < -0.3 is 9.67 Å². The van der Waals surface area contributed by atoms with Crippen molar-refractivity contribution < 1.29 is 14.3 Å². The fourth-order valence-corrected chi connectivity index (χ4v) is 4.00. The molecule has 9 heteroatoms. The molecule has 2 aromatic heterocycles. The Kier molecular flexibility index (Phi) is 5.12. The van der Waals surface area contributed by atoms with Crippen LogP contribution in [0.3, 0.4) is 0 Å². The van der Waals surface area contributed by atoms with E-state index in [-0.39, 0.29) is 26.4 Å². The standard InChI is InChI=1S/C16H11ClFIN2O3S/c1-7(19)21-5-11(16(23)24)14(22)10-2-12(18)9(3-13(10)21)15-20-8(4-17)6-25-15/h2-3,5-7H,4H2,1H3,(H,23,24). The summed E-state index contributed by atoms with van der Waals surface area (Å²) in [4.78, 5) is 28.0. The lowest BCUT2D eigenvalue weighted by atomic mass is 10.1. The average molecular weight is 493 g/mol. The van der Waals surface area contributed by atoms with Gasteiger partial charge in [-0.05, 0) is 19.1 Å². The predicted octanol–water partition coefficient (Wildman–Crippen LogP) is 4.65. The van der Waals surface area contributed by atoms with Crippen molar-refractivity contribution in [3.8, 4) is 10.6 Å². The van der Waals surface area contributed by atoms with Crippen molar-refractivity contribution in [3.05, 3.63) is 51.0 Å². The third kappa shape index (κ3) is 3.30. The fourth-order valence-electron chi connectivity index (χ4n) is 2.47. The highest BCUT2D eigenvalue weighted by Gasteiger charge is 2.19. The van der Waals surface area contributed by atoms with E-state index in [0.29, 0.717) is 16.2 Å². The molecule has 0 fully saturated rings. The van der Waals surface area contributed by atoms with Gasteiger partial charge in [0.1, 0.15) is 16.4 Å². The summed E-state index contributed by atoms with van der Waals surface area (Å²) in [5.41, 5.74) is 0.254. The summed E-state index contributed by atoms with van der Waals surface area (Å²) in [7, 11) is 0. The monoisotopic (exact) mass is 492 g/mol. The number of alkyl halides is 2. The Bertz CT molecular complexity index is 1050. The normalized spacial score (nSPS) is 12.5. The van der Waals surface area contributed by atoms with Crippen molar-refractivity contribution in [2.75, 3.05) is 0 Å². The van der Waals surface area contributed by atoms with Crippen LogP contribution in [0.5, 0.6) is 0 Å². The van der Waals surface area contributed by atoms with Gasteiger partial charge in [0, 0.05) is 22.5 Å². The van der Waals surface area contributed by atoms with Crippen LogP contribution >= 0.6 is 45.5 Å². The Hall–Kier alpha value is -1.52. The number of pyridine rings is 1. The Balaban J connectivity index is 2.36. The quantitative estimate of drug-likeness (QED) is 0.425. The van der Waals surface area contributed by atoms with Gasteiger partial charge in [-0.25, -0.2) is 14.2 Å². The van der Waals surface area contributed by atoms with Crippen LogP contribution in [0.2, 0.25) is 0 Å². The highest BCUT2D eigenvalue weighted by atomic mass is 127. The van der Waals surface area contributed by atoms with Gasteiger partial charge in [-0.3, -0.25) is 4.79 Å². The molecule has 0 saturated heterocycles. The summed E-state index contributed by atoms with van der Waals surface area (Å²) in [6.45, 7) is 1.84. The predicted molar refractivity (Wildman–Crippen MR) is 105 cm³/mol. The summed E-state index contributed by atoms with van der Waals surface area (Å²) in [6.07, 6.45) is 1.29. The molecule has 2 heterocycles. The molecule has 25 heavy (non-hydrogen) atoms. The molecule has 0 bridgehead atoms. The van der Waals surface area contributed by atoms with Crippen LogP contribution in [0.1, 0.15) is 27.0 Å². The lowest BCUT2D eigenvalue weighted by molar-refractivity contribution is 0.0695. The van der Waals surface area contributed by atoms with E-state index in [2.05, 4.69) is 27.6 Å². The molecule has 3 rings (SSSR count). The van der Waals surface area contributed by atoms with Gasteiger partial charge in [0.05, 0.1) is 21.1 Å². The lowest BCUT2D eigenvalue weighted by Crippen LogP contribution is -2.19. The van der Waals surface area contributed by atoms with Crippen molar-refractivity contribution in [2.45, 2.75) is 16.9 Å². The summed E-state index contributed by atoms with van der Waals surface area (Å²) in [5, 5.41) is 11.5. The highest BCUT2D eigenvalue weighted by Crippen LogP contribution is 2.31. The molecule has 1 N–H and O–H groups in total. The van der Waals surface area contributed by atoms with E-state index in [1.807, 2.05) is 6.92 Å². The summed E-state index contributed by atoms with van der Waals surface area (Å²) in [6, 6.07) is 2.61. The molecule has 3 aromatic rings. The number of aromatic nitrogens is 2. The highest BCUT2D eigenvalue weighted by molar-refractivity contribution is 14.1. The SMILES string of the molecule is CC(I)n1cc(C(=O)O)c(=O)c2cc(F)c(-c3nc(CCl)cs3)cc21. The second-order valence-electron chi connectivity index (χ2n) is 5.29. The van der Waals surface area contributed by atoms with Crippen molar-refractivity contribution in [1.82, 2.24) is 9.55 Å². The molecule has 130 valence electrons. The van der Waals surface area contributed by atoms with Crippen molar-refractivity contribution in [2.24, 2.45) is 0 Å². The number of halogens is 3. The van der Waals surface area contributed by atoms with Crippen LogP contribution in [0.15, 0.2) is 28.5 Å². The fraction of sp³-hybridized carbons (Fsp3) is 0.188. The van der Waals surface area contributed by atoms with E-state index in [1.165, 1.54) is 23.6 Å². The minimum atomic E-state index is -1.34. The Morgan fingerprint density at radius 3 is 2.80 bits per heavy atom. The number of hydrogen-bond acceptors (Lipinski definition) is 4. The summed E-state index contributed by atoms with van der Waals surface area (Å²) < 4.78 is 16.1. The minimum Gasteiger partial charge on any atom is -0.477 e. The number of fused-ring (bicyclic) bond motifs is 1. The molecule has 0 spiro atoms. The zero-order valence-corrected chi connectivity index (χ0v) is 16.5. The van der Waals surface area contributed by atoms with E-state index in [9.17, 15) is 19.1 Å². The first-order valence-electron chi connectivity index (χ1n) is 7.10. The molecule has 0 saturated carbocycles. The third-order valence-electron chi connectivity index (χ3n) is 3.65. The number of benzene rings is 1. The van der Waals surface area contributed by atoms with Gasteiger partial charge in [0.2, 0.25) is 5.43 Å². The van der Waals surface area contributed by atoms with Gasteiger partial charge in [-0.1, -0.05) is 22.6 Å². The maximum atomic E-state index is 14.6. The van der Waals surface area contributed by atoms with E-state index in [0.717, 1.165) is 6.07 Å². The largest absolute Gasteiger partial charge is 0.477 e. The number of carbonyl (C=O) groups is 1. The Morgan fingerprint density at radius 1 is 1.52 bits per heavy atom. The molecular weight excluding hydrogens is 482 g/mol. The van der Waals surface area contributed by atoms with Crippen molar-refractivity contribution >= 4 is 62.4 Å². The van der Waals surface area contributed by atoms with Gasteiger partial charge in [0.25, 0.3) is 0 Å². The first kappa shape index (κ1) is 18.3. The number of hydrogen-bond donors (Lipinski definition) is 1. The van der Waals surface area contributed by atoms with Gasteiger partial charge in [-0.15, -0.1) is 22.9 Å². The molecular formula is C16H11ClFIN2O3S. The van der Waals surface area contributed by atoms with Crippen LogP contribution in [-0.2, 0) is 5.88 Å². The molecule has 0 amide bonds. The Morgan fingerprint density at radius 2 is 2.24 bits per heavy atom. The topological polar surface area (TPSA) is 72.2 Å². The van der Waals surface area contributed by atoms with E-state index < -0.39 is 17.2 Å². The molecule has 1 unspecified atom stereocenters. The molecule has 1 aromatic carbocycles. The molecule has 0 aliphatic carbocycles. The van der Waals surface area contributed by atoms with Crippen LogP contribution in [0, 0.1) is 5.82 Å². The number of carboxylic acid groups (broad SMARTS) is 1. The summed E-state index contributed by atoms with van der Waals surface area (Å²) >= 11 is 9.10. The van der Waals surface area contributed by atoms with Gasteiger partial charge >= 0.3 is 5.97 Å². The summed E-state index contributed by atoms with van der Waals surface area (Å²) in [5.74, 6) is -1.74. The second kappa shape index (κ2) is 7.00. The zero-order valence-electron chi connectivity index (χ0n) is 12.8.